The van der Waals surface area contributed by atoms with Crippen LogP contribution in [0.2, 0.25) is 0 Å². The van der Waals surface area contributed by atoms with Gasteiger partial charge in [-0.05, 0) is 56.8 Å². The number of hydrogen-bond acceptors (Lipinski definition) is 11. The predicted molar refractivity (Wildman–Crippen MR) is 135 cm³/mol. The molecule has 2 saturated heterocycles. The van der Waals surface area contributed by atoms with Gasteiger partial charge in [0.1, 0.15) is 0 Å². The topological polar surface area (TPSA) is 165 Å². The number of likely N-dealkylation sites (tertiary alicyclic amines) is 1. The number of fused-ring (bicyclic) bond motifs is 1. The fourth-order valence-electron chi connectivity index (χ4n) is 5.20. The molecule has 0 radical (unpaired) electrons. The molecule has 0 saturated carbocycles. The third-order valence-electron chi connectivity index (χ3n) is 7.03. The SMILES string of the molecule is Cl.Nc1nc(N2CCC[C@@H](CN3CCC(c4cc(C(=O)O)on4)CC3)C2)nc2nc(-c3ccco3)nn12. The Balaban J connectivity index is 0.00000280. The third-order valence-corrected chi connectivity index (χ3v) is 7.03. The Morgan fingerprint density at radius 1 is 1.16 bits per heavy atom. The van der Waals surface area contributed by atoms with Gasteiger partial charge in [0, 0.05) is 31.6 Å². The minimum absolute atomic E-state index is 0. The average Bonchev–Trinajstić information content (AvgIpc) is 3.65. The number of aromatic nitrogens is 6. The van der Waals surface area contributed by atoms with E-state index in [4.69, 9.17) is 19.8 Å². The molecule has 2 fully saturated rings. The first-order valence-corrected chi connectivity index (χ1v) is 12.1. The first-order chi connectivity index (χ1) is 17.5. The summed E-state index contributed by atoms with van der Waals surface area (Å²) >= 11 is 0. The van der Waals surface area contributed by atoms with Gasteiger partial charge in [0.25, 0.3) is 5.78 Å². The second kappa shape index (κ2) is 10.3. The molecule has 4 aromatic heterocycles. The summed E-state index contributed by atoms with van der Waals surface area (Å²) in [7, 11) is 0. The van der Waals surface area contributed by atoms with Crippen LogP contribution in [0.25, 0.3) is 17.4 Å². The summed E-state index contributed by atoms with van der Waals surface area (Å²) in [6.45, 7) is 4.60. The van der Waals surface area contributed by atoms with Crippen LogP contribution in [0.1, 0.15) is 47.8 Å². The second-order valence-corrected chi connectivity index (χ2v) is 9.46. The van der Waals surface area contributed by atoms with Crippen molar-refractivity contribution in [3.8, 4) is 11.6 Å². The van der Waals surface area contributed by atoms with Crippen LogP contribution in [0.3, 0.4) is 0 Å². The summed E-state index contributed by atoms with van der Waals surface area (Å²) in [5, 5.41) is 17.4. The standard InChI is InChI=1S/C23H27N9O4.ClH/c24-21-26-22(27-23-25-19(28-32(21)23)17-4-2-10-35-17)31-7-1-3-14(13-31)12-30-8-5-15(6-9-30)16-11-18(20(33)34)36-29-16;/h2,4,10-11,14-15H,1,3,5-9,12-13H2,(H,33,34)(H2,24,25,26,27,28);1H/t14-;/m0./s1. The van der Waals surface area contributed by atoms with E-state index in [0.717, 1.165) is 64.1 Å². The van der Waals surface area contributed by atoms with Gasteiger partial charge in [0.2, 0.25) is 23.5 Å². The van der Waals surface area contributed by atoms with Crippen LogP contribution in [0.5, 0.6) is 0 Å². The molecule has 37 heavy (non-hydrogen) atoms. The number of nitrogen functional groups attached to an aromatic ring is 1. The van der Waals surface area contributed by atoms with Gasteiger partial charge in [-0.2, -0.15) is 19.5 Å². The molecular formula is C23H28ClN9O4. The number of aromatic carboxylic acids is 1. The second-order valence-electron chi connectivity index (χ2n) is 9.46. The van der Waals surface area contributed by atoms with Crippen LogP contribution in [0, 0.1) is 5.92 Å². The van der Waals surface area contributed by atoms with Crippen molar-refractivity contribution < 1.29 is 18.8 Å². The van der Waals surface area contributed by atoms with E-state index < -0.39 is 5.97 Å². The smallest absolute Gasteiger partial charge is 0.374 e. The van der Waals surface area contributed by atoms with Gasteiger partial charge in [0.15, 0.2) is 5.76 Å². The van der Waals surface area contributed by atoms with E-state index in [0.29, 0.717) is 29.2 Å². The van der Waals surface area contributed by atoms with E-state index >= 15 is 0 Å². The fourth-order valence-corrected chi connectivity index (χ4v) is 5.20. The maximum absolute atomic E-state index is 11.1. The Labute approximate surface area is 218 Å². The molecule has 0 spiro atoms. The van der Waals surface area contributed by atoms with Gasteiger partial charge >= 0.3 is 5.97 Å². The molecule has 0 aromatic carbocycles. The quantitative estimate of drug-likeness (QED) is 0.375. The molecule has 6 rings (SSSR count). The molecule has 0 bridgehead atoms. The molecule has 1 atom stereocenters. The highest BCUT2D eigenvalue weighted by atomic mass is 35.5. The number of anilines is 2. The number of carbonyl (C=O) groups is 1. The van der Waals surface area contributed by atoms with Gasteiger partial charge in [-0.3, -0.25) is 0 Å². The molecule has 13 nitrogen and oxygen atoms in total. The summed E-state index contributed by atoms with van der Waals surface area (Å²) in [6.07, 6.45) is 5.64. The number of piperidine rings is 2. The van der Waals surface area contributed by atoms with Gasteiger partial charge in [0.05, 0.1) is 12.0 Å². The molecule has 3 N–H and O–H groups in total. The monoisotopic (exact) mass is 529 g/mol. The zero-order valence-corrected chi connectivity index (χ0v) is 20.9. The molecule has 0 amide bonds. The highest BCUT2D eigenvalue weighted by Crippen LogP contribution is 2.30. The molecular weight excluding hydrogens is 502 g/mol. The number of nitrogens with zero attached hydrogens (tertiary/aromatic N) is 8. The number of rotatable bonds is 6. The van der Waals surface area contributed by atoms with Crippen LogP contribution in [0.4, 0.5) is 11.9 Å². The lowest BCUT2D eigenvalue weighted by Gasteiger charge is -2.38. The van der Waals surface area contributed by atoms with E-state index in [1.165, 1.54) is 4.52 Å². The lowest BCUT2D eigenvalue weighted by atomic mass is 9.91. The van der Waals surface area contributed by atoms with E-state index in [-0.39, 0.29) is 30.0 Å². The number of hydrogen-bond donors (Lipinski definition) is 2. The fraction of sp³-hybridized carbons (Fsp3) is 0.478. The Morgan fingerprint density at radius 3 is 2.73 bits per heavy atom. The van der Waals surface area contributed by atoms with Crippen LogP contribution >= 0.6 is 12.4 Å². The van der Waals surface area contributed by atoms with Crippen molar-refractivity contribution in [2.75, 3.05) is 43.4 Å². The summed E-state index contributed by atoms with van der Waals surface area (Å²) < 4.78 is 11.8. The van der Waals surface area contributed by atoms with Crippen LogP contribution in [-0.2, 0) is 0 Å². The maximum atomic E-state index is 11.1. The summed E-state index contributed by atoms with van der Waals surface area (Å²) in [5.74, 6) is 1.71. The van der Waals surface area contributed by atoms with Gasteiger partial charge in [-0.25, -0.2) is 4.79 Å². The van der Waals surface area contributed by atoms with E-state index in [2.05, 4.69) is 35.0 Å². The Hall–Kier alpha value is -3.71. The van der Waals surface area contributed by atoms with Crippen molar-refractivity contribution in [2.45, 2.75) is 31.6 Å². The normalized spacial score (nSPS) is 19.2. The zero-order chi connectivity index (χ0) is 24.6. The van der Waals surface area contributed by atoms with Crippen LogP contribution in [0.15, 0.2) is 33.4 Å². The lowest BCUT2D eigenvalue weighted by Crippen LogP contribution is -2.43. The molecule has 4 aromatic rings. The minimum Gasteiger partial charge on any atom is -0.475 e. The summed E-state index contributed by atoms with van der Waals surface area (Å²) in [4.78, 5) is 29.3. The van der Waals surface area contributed by atoms with Gasteiger partial charge in [-0.15, -0.1) is 17.5 Å². The molecule has 14 heteroatoms. The third kappa shape index (κ3) is 5.09. The van der Waals surface area contributed by atoms with E-state index in [9.17, 15) is 4.79 Å². The van der Waals surface area contributed by atoms with E-state index in [1.807, 2.05) is 0 Å². The van der Waals surface area contributed by atoms with E-state index in [1.54, 1.807) is 24.5 Å². The Kier molecular flexibility index (Phi) is 6.98. The highest BCUT2D eigenvalue weighted by molar-refractivity contribution is 5.85. The number of nitrogens with two attached hydrogens (primary N) is 1. The Morgan fingerprint density at radius 2 is 2.00 bits per heavy atom. The molecule has 6 heterocycles. The van der Waals surface area contributed by atoms with Gasteiger partial charge < -0.3 is 29.6 Å². The van der Waals surface area contributed by atoms with Crippen molar-refractivity contribution >= 4 is 36.1 Å². The molecule has 0 aliphatic carbocycles. The van der Waals surface area contributed by atoms with Gasteiger partial charge in [-0.1, -0.05) is 5.16 Å². The molecule has 196 valence electrons. The van der Waals surface area contributed by atoms with Crippen LogP contribution in [-0.4, -0.2) is 78.4 Å². The van der Waals surface area contributed by atoms with Crippen molar-refractivity contribution in [1.29, 1.82) is 0 Å². The van der Waals surface area contributed by atoms with Crippen molar-refractivity contribution in [1.82, 2.24) is 34.6 Å². The highest BCUT2D eigenvalue weighted by Gasteiger charge is 2.29. The number of furan rings is 1. The predicted octanol–water partition coefficient (Wildman–Crippen LogP) is 2.57. The summed E-state index contributed by atoms with van der Waals surface area (Å²) in [6, 6.07) is 5.12. The minimum atomic E-state index is -1.08. The van der Waals surface area contributed by atoms with Crippen molar-refractivity contribution in [3.05, 3.63) is 35.9 Å². The summed E-state index contributed by atoms with van der Waals surface area (Å²) in [5.41, 5.74) is 6.93. The molecule has 2 aliphatic rings. The lowest BCUT2D eigenvalue weighted by molar-refractivity contribution is 0.0651. The van der Waals surface area contributed by atoms with Crippen LogP contribution < -0.4 is 10.6 Å². The molecule has 2 aliphatic heterocycles. The zero-order valence-electron chi connectivity index (χ0n) is 20.1. The number of halogens is 1. The first kappa shape index (κ1) is 25.0. The maximum Gasteiger partial charge on any atom is 0.374 e. The average molecular weight is 530 g/mol. The molecule has 0 unspecified atom stereocenters. The largest absolute Gasteiger partial charge is 0.475 e. The Bertz CT molecular complexity index is 1360. The first-order valence-electron chi connectivity index (χ1n) is 12.1. The number of carboxylic acid groups (broad SMARTS) is 1. The number of carboxylic acids is 1. The van der Waals surface area contributed by atoms with Crippen molar-refractivity contribution in [3.63, 3.8) is 0 Å². The van der Waals surface area contributed by atoms with Crippen molar-refractivity contribution in [2.24, 2.45) is 5.92 Å².